The van der Waals surface area contributed by atoms with Gasteiger partial charge in [0, 0.05) is 23.3 Å². The minimum Gasteiger partial charge on any atom is -0.326 e. The quantitative estimate of drug-likeness (QED) is 0.638. The molecular formula is C18H29N3O5S2. The van der Waals surface area contributed by atoms with Gasteiger partial charge in [-0.25, -0.2) is 21.6 Å². The second-order valence-electron chi connectivity index (χ2n) is 8.22. The van der Waals surface area contributed by atoms with Crippen molar-refractivity contribution in [3.05, 3.63) is 24.3 Å². The molecule has 1 fully saturated rings. The number of sulfonamides is 2. The fourth-order valence-corrected chi connectivity index (χ4v) is 4.54. The van der Waals surface area contributed by atoms with Crippen LogP contribution in [0.3, 0.4) is 0 Å². The molecule has 0 heterocycles. The molecule has 8 nitrogen and oxygen atoms in total. The molecule has 158 valence electrons. The molecule has 1 amide bonds. The van der Waals surface area contributed by atoms with Crippen LogP contribution in [-0.2, 0) is 24.8 Å². The van der Waals surface area contributed by atoms with Gasteiger partial charge in [0.1, 0.15) is 0 Å². The fourth-order valence-electron chi connectivity index (χ4n) is 2.95. The molecule has 0 aromatic heterocycles. The largest absolute Gasteiger partial charge is 0.326 e. The van der Waals surface area contributed by atoms with Crippen molar-refractivity contribution in [3.8, 4) is 0 Å². The molecule has 1 aromatic rings. The molecule has 0 saturated heterocycles. The number of hydrogen-bond acceptors (Lipinski definition) is 5. The SMILES string of the molecule is CC(C)(C)S(=O)(=O)N[C@H]1CC[C@H](C(=O)Nc2ccc(NS(C)(=O)=O)cc2)CC1. The maximum Gasteiger partial charge on any atom is 0.229 e. The van der Waals surface area contributed by atoms with E-state index in [9.17, 15) is 21.6 Å². The minimum atomic E-state index is -3.40. The van der Waals surface area contributed by atoms with E-state index in [1.165, 1.54) is 0 Å². The third-order valence-corrected chi connectivity index (χ3v) is 7.54. The first-order valence-electron chi connectivity index (χ1n) is 9.17. The fraction of sp³-hybridized carbons (Fsp3) is 0.611. The first-order valence-corrected chi connectivity index (χ1v) is 12.5. The average Bonchev–Trinajstić information content (AvgIpc) is 2.54. The highest BCUT2D eigenvalue weighted by atomic mass is 32.2. The molecular weight excluding hydrogens is 402 g/mol. The maximum atomic E-state index is 12.5. The molecule has 0 unspecified atom stereocenters. The molecule has 0 aliphatic heterocycles. The molecule has 28 heavy (non-hydrogen) atoms. The summed E-state index contributed by atoms with van der Waals surface area (Å²) < 4.78 is 51.2. The van der Waals surface area contributed by atoms with Crippen LogP contribution in [-0.4, -0.2) is 39.8 Å². The molecule has 0 atom stereocenters. The lowest BCUT2D eigenvalue weighted by Gasteiger charge is -2.30. The van der Waals surface area contributed by atoms with E-state index in [-0.39, 0.29) is 17.9 Å². The van der Waals surface area contributed by atoms with Crippen molar-refractivity contribution in [2.75, 3.05) is 16.3 Å². The minimum absolute atomic E-state index is 0.110. The molecule has 0 spiro atoms. The first kappa shape index (κ1) is 22.6. The predicted octanol–water partition coefficient (Wildman–Crippen LogP) is 2.27. The van der Waals surface area contributed by atoms with Gasteiger partial charge in [-0.3, -0.25) is 9.52 Å². The van der Waals surface area contributed by atoms with Crippen LogP contribution >= 0.6 is 0 Å². The van der Waals surface area contributed by atoms with Gasteiger partial charge >= 0.3 is 0 Å². The van der Waals surface area contributed by atoms with E-state index >= 15 is 0 Å². The summed E-state index contributed by atoms with van der Waals surface area (Å²) in [6.45, 7) is 4.97. The summed E-state index contributed by atoms with van der Waals surface area (Å²) in [6.07, 6.45) is 3.52. The summed E-state index contributed by atoms with van der Waals surface area (Å²) in [5.41, 5.74) is 1.01. The van der Waals surface area contributed by atoms with Crippen molar-refractivity contribution in [3.63, 3.8) is 0 Å². The Morgan fingerprint density at radius 2 is 1.43 bits per heavy atom. The first-order chi connectivity index (χ1) is 12.8. The Hall–Kier alpha value is -1.65. The molecule has 0 radical (unpaired) electrons. The third kappa shape index (κ3) is 6.46. The Labute approximate surface area is 167 Å². The number of amides is 1. The van der Waals surface area contributed by atoms with Gasteiger partial charge in [0.15, 0.2) is 0 Å². The predicted molar refractivity (Wildman–Crippen MR) is 111 cm³/mol. The number of carbonyl (C=O) groups is 1. The maximum absolute atomic E-state index is 12.5. The van der Waals surface area contributed by atoms with Crippen molar-refractivity contribution < 1.29 is 21.6 Å². The topological polar surface area (TPSA) is 121 Å². The molecule has 2 rings (SSSR count). The number of hydrogen-bond donors (Lipinski definition) is 3. The van der Waals surface area contributed by atoms with Crippen LogP contribution in [0.2, 0.25) is 0 Å². The van der Waals surface area contributed by atoms with Gasteiger partial charge in [0.05, 0.1) is 11.0 Å². The van der Waals surface area contributed by atoms with Crippen LogP contribution in [0.4, 0.5) is 11.4 Å². The second-order valence-corrected chi connectivity index (χ2v) is 12.4. The zero-order valence-corrected chi connectivity index (χ0v) is 18.3. The van der Waals surface area contributed by atoms with Crippen molar-refractivity contribution in [1.82, 2.24) is 4.72 Å². The number of benzene rings is 1. The normalized spacial score (nSPS) is 21.1. The standard InChI is InChI=1S/C18H29N3O5S2/c1-18(2,3)28(25,26)21-16-7-5-13(6-8-16)17(22)19-14-9-11-15(12-10-14)20-27(4,23)24/h9-13,16,20-21H,5-8H2,1-4H3,(H,19,22)/t13-,16-. The Morgan fingerprint density at radius 1 is 0.929 bits per heavy atom. The van der Waals surface area contributed by atoms with E-state index < -0.39 is 24.8 Å². The van der Waals surface area contributed by atoms with Crippen molar-refractivity contribution in [2.45, 2.75) is 57.2 Å². The van der Waals surface area contributed by atoms with Gasteiger partial charge in [0.25, 0.3) is 0 Å². The van der Waals surface area contributed by atoms with E-state index in [2.05, 4.69) is 14.8 Å². The Morgan fingerprint density at radius 3 is 1.89 bits per heavy atom. The zero-order chi connectivity index (χ0) is 21.2. The molecule has 1 aliphatic carbocycles. The average molecular weight is 432 g/mol. The third-order valence-electron chi connectivity index (χ3n) is 4.68. The van der Waals surface area contributed by atoms with E-state index in [1.807, 2.05) is 0 Å². The number of carbonyl (C=O) groups excluding carboxylic acids is 1. The van der Waals surface area contributed by atoms with Gasteiger partial charge in [-0.2, -0.15) is 0 Å². The molecule has 0 bridgehead atoms. The highest BCUT2D eigenvalue weighted by Crippen LogP contribution is 2.27. The second kappa shape index (κ2) is 8.38. The molecule has 10 heteroatoms. The zero-order valence-electron chi connectivity index (χ0n) is 16.7. The number of nitrogens with one attached hydrogen (secondary N) is 3. The van der Waals surface area contributed by atoms with Crippen LogP contribution in [0.1, 0.15) is 46.5 Å². The molecule has 3 N–H and O–H groups in total. The summed E-state index contributed by atoms with van der Waals surface area (Å²) >= 11 is 0. The van der Waals surface area contributed by atoms with Crippen LogP contribution in [0.15, 0.2) is 24.3 Å². The van der Waals surface area contributed by atoms with Gasteiger partial charge in [-0.15, -0.1) is 0 Å². The van der Waals surface area contributed by atoms with Gasteiger partial charge in [-0.05, 0) is 70.7 Å². The monoisotopic (exact) mass is 431 g/mol. The van der Waals surface area contributed by atoms with Crippen LogP contribution in [0.5, 0.6) is 0 Å². The Kier molecular flexibility index (Phi) is 6.78. The Bertz CT molecular complexity index is 896. The van der Waals surface area contributed by atoms with Crippen molar-refractivity contribution in [2.24, 2.45) is 5.92 Å². The molecule has 1 saturated carbocycles. The summed E-state index contributed by atoms with van der Waals surface area (Å²) in [5.74, 6) is -0.287. The van der Waals surface area contributed by atoms with E-state index in [0.29, 0.717) is 37.1 Å². The van der Waals surface area contributed by atoms with E-state index in [4.69, 9.17) is 0 Å². The Balaban J connectivity index is 1.87. The van der Waals surface area contributed by atoms with Crippen molar-refractivity contribution >= 4 is 37.3 Å². The highest BCUT2D eigenvalue weighted by Gasteiger charge is 2.34. The summed E-state index contributed by atoms with van der Waals surface area (Å²) in [5, 5.41) is 2.83. The lowest BCUT2D eigenvalue weighted by molar-refractivity contribution is -0.120. The van der Waals surface area contributed by atoms with Gasteiger partial charge < -0.3 is 5.32 Å². The smallest absolute Gasteiger partial charge is 0.229 e. The number of anilines is 2. The summed E-state index contributed by atoms with van der Waals surface area (Å²) in [6, 6.07) is 6.28. The van der Waals surface area contributed by atoms with E-state index in [0.717, 1.165) is 6.26 Å². The molecule has 1 aliphatic rings. The van der Waals surface area contributed by atoms with Crippen LogP contribution in [0, 0.1) is 5.92 Å². The molecule has 1 aromatic carbocycles. The highest BCUT2D eigenvalue weighted by molar-refractivity contribution is 7.92. The van der Waals surface area contributed by atoms with Crippen LogP contribution in [0.25, 0.3) is 0 Å². The summed E-state index contributed by atoms with van der Waals surface area (Å²) in [7, 11) is -6.74. The van der Waals surface area contributed by atoms with Gasteiger partial charge in [-0.1, -0.05) is 0 Å². The summed E-state index contributed by atoms with van der Waals surface area (Å²) in [4.78, 5) is 12.5. The van der Waals surface area contributed by atoms with Gasteiger partial charge in [0.2, 0.25) is 26.0 Å². The van der Waals surface area contributed by atoms with Crippen LogP contribution < -0.4 is 14.8 Å². The van der Waals surface area contributed by atoms with Crippen molar-refractivity contribution in [1.29, 1.82) is 0 Å². The lowest BCUT2D eigenvalue weighted by Crippen LogP contribution is -2.46. The number of rotatable bonds is 6. The lowest BCUT2D eigenvalue weighted by atomic mass is 9.86. The van der Waals surface area contributed by atoms with E-state index in [1.54, 1.807) is 45.0 Å².